The summed E-state index contributed by atoms with van der Waals surface area (Å²) >= 11 is 0. The fourth-order valence-electron chi connectivity index (χ4n) is 2.61. The van der Waals surface area contributed by atoms with Gasteiger partial charge >= 0.3 is 0 Å². The summed E-state index contributed by atoms with van der Waals surface area (Å²) in [6.07, 6.45) is 7.23. The highest BCUT2D eigenvalue weighted by molar-refractivity contribution is 5.90. The molecule has 1 aromatic heterocycles. The van der Waals surface area contributed by atoms with Gasteiger partial charge in [0.15, 0.2) is 0 Å². The molecular weight excluding hydrogens is 238 g/mol. The topological polar surface area (TPSA) is 45.2 Å². The molecule has 1 N–H and O–H groups in total. The van der Waals surface area contributed by atoms with Gasteiger partial charge in [0.25, 0.3) is 0 Å². The van der Waals surface area contributed by atoms with Crippen LogP contribution in [0.4, 0.5) is 11.5 Å². The first-order valence-corrected chi connectivity index (χ1v) is 7.27. The summed E-state index contributed by atoms with van der Waals surface area (Å²) in [5.41, 5.74) is 0.778. The van der Waals surface area contributed by atoms with Crippen molar-refractivity contribution in [1.29, 1.82) is 0 Å². The highest BCUT2D eigenvalue weighted by Gasteiger charge is 2.21. The molecule has 19 heavy (non-hydrogen) atoms. The van der Waals surface area contributed by atoms with E-state index in [9.17, 15) is 4.79 Å². The molecule has 0 saturated carbocycles. The molecule has 1 saturated heterocycles. The second-order valence-corrected chi connectivity index (χ2v) is 5.06. The van der Waals surface area contributed by atoms with Crippen molar-refractivity contribution in [3.63, 3.8) is 0 Å². The zero-order chi connectivity index (χ0) is 13.7. The van der Waals surface area contributed by atoms with Crippen LogP contribution in [-0.2, 0) is 4.79 Å². The molecule has 4 heteroatoms. The van der Waals surface area contributed by atoms with E-state index in [-0.39, 0.29) is 5.91 Å². The minimum atomic E-state index is 0.0268. The van der Waals surface area contributed by atoms with Crippen LogP contribution in [-0.4, -0.2) is 23.5 Å². The quantitative estimate of drug-likeness (QED) is 0.905. The maximum Gasteiger partial charge on any atom is 0.224 e. The molecule has 2 rings (SSSR count). The molecule has 2 heterocycles. The largest absolute Gasteiger partial charge is 0.354 e. The van der Waals surface area contributed by atoms with Gasteiger partial charge in [0.2, 0.25) is 5.91 Å². The molecule has 0 aromatic carbocycles. The second-order valence-electron chi connectivity index (χ2n) is 5.06. The summed E-state index contributed by atoms with van der Waals surface area (Å²) in [6, 6.07) is 4.56. The number of carbonyl (C=O) groups is 1. The lowest BCUT2D eigenvalue weighted by Gasteiger charge is -2.36. The Morgan fingerprint density at radius 3 is 2.89 bits per heavy atom. The van der Waals surface area contributed by atoms with Crippen LogP contribution in [0.3, 0.4) is 0 Å². The van der Waals surface area contributed by atoms with Crippen molar-refractivity contribution in [2.24, 2.45) is 0 Å². The van der Waals surface area contributed by atoms with Crippen molar-refractivity contribution >= 4 is 17.4 Å². The van der Waals surface area contributed by atoms with E-state index in [1.807, 2.05) is 19.1 Å². The van der Waals surface area contributed by atoms with Crippen molar-refractivity contribution < 1.29 is 4.79 Å². The Bertz CT molecular complexity index is 416. The fraction of sp³-hybridized carbons (Fsp3) is 0.600. The second kappa shape index (κ2) is 6.55. The number of hydrogen-bond acceptors (Lipinski definition) is 3. The lowest BCUT2D eigenvalue weighted by molar-refractivity contribution is -0.115. The number of hydrogen-bond donors (Lipinski definition) is 1. The van der Waals surface area contributed by atoms with Crippen LogP contribution < -0.4 is 10.2 Å². The number of piperidine rings is 1. The average molecular weight is 261 g/mol. The van der Waals surface area contributed by atoms with Gasteiger partial charge in [-0.15, -0.1) is 0 Å². The maximum absolute atomic E-state index is 11.3. The summed E-state index contributed by atoms with van der Waals surface area (Å²) in [6.45, 7) is 5.17. The lowest BCUT2D eigenvalue weighted by Crippen LogP contribution is -2.39. The molecule has 104 valence electrons. The van der Waals surface area contributed by atoms with Crippen LogP contribution >= 0.6 is 0 Å². The van der Waals surface area contributed by atoms with E-state index in [0.717, 1.165) is 24.5 Å². The number of rotatable bonds is 4. The molecule has 1 amide bonds. The summed E-state index contributed by atoms with van der Waals surface area (Å²) < 4.78 is 0. The van der Waals surface area contributed by atoms with Gasteiger partial charge in [0, 0.05) is 19.0 Å². The van der Waals surface area contributed by atoms with Crippen molar-refractivity contribution in [3.8, 4) is 0 Å². The first-order valence-electron chi connectivity index (χ1n) is 7.27. The van der Waals surface area contributed by atoms with Gasteiger partial charge in [0.1, 0.15) is 5.82 Å². The van der Waals surface area contributed by atoms with Crippen LogP contribution in [0, 0.1) is 0 Å². The van der Waals surface area contributed by atoms with E-state index in [4.69, 9.17) is 0 Å². The van der Waals surface area contributed by atoms with Gasteiger partial charge in [-0.25, -0.2) is 4.98 Å². The standard InChI is InChI=1S/C15H23N3O/c1-3-13-7-5-6-10-18(13)14-9-8-12(11-16-14)17-15(19)4-2/h8-9,11,13H,3-7,10H2,1-2H3,(H,17,19). The lowest BCUT2D eigenvalue weighted by atomic mass is 10.00. The van der Waals surface area contributed by atoms with Crippen LogP contribution in [0.1, 0.15) is 46.0 Å². The Morgan fingerprint density at radius 2 is 2.26 bits per heavy atom. The predicted octanol–water partition coefficient (Wildman–Crippen LogP) is 3.20. The Kier molecular flexibility index (Phi) is 4.77. The summed E-state index contributed by atoms with van der Waals surface area (Å²) in [4.78, 5) is 18.2. The monoisotopic (exact) mass is 261 g/mol. The molecule has 1 atom stereocenters. The van der Waals surface area contributed by atoms with Crippen LogP contribution in [0.5, 0.6) is 0 Å². The Morgan fingerprint density at radius 1 is 1.42 bits per heavy atom. The molecule has 1 fully saturated rings. The molecule has 1 aromatic rings. The number of carbonyl (C=O) groups excluding carboxylic acids is 1. The summed E-state index contributed by atoms with van der Waals surface area (Å²) in [5.74, 6) is 1.06. The minimum absolute atomic E-state index is 0.0268. The molecule has 0 bridgehead atoms. The molecule has 0 aliphatic carbocycles. The molecular formula is C15H23N3O. The summed E-state index contributed by atoms with van der Waals surface area (Å²) in [7, 11) is 0. The molecule has 1 aliphatic heterocycles. The van der Waals surface area contributed by atoms with Crippen molar-refractivity contribution in [2.45, 2.75) is 52.0 Å². The molecule has 1 aliphatic rings. The highest BCUT2D eigenvalue weighted by Crippen LogP contribution is 2.25. The van der Waals surface area contributed by atoms with Crippen LogP contribution in [0.25, 0.3) is 0 Å². The van der Waals surface area contributed by atoms with Gasteiger partial charge < -0.3 is 10.2 Å². The molecule has 0 spiro atoms. The zero-order valence-electron chi connectivity index (χ0n) is 11.9. The van der Waals surface area contributed by atoms with E-state index in [2.05, 4.69) is 22.1 Å². The van der Waals surface area contributed by atoms with Gasteiger partial charge in [-0.1, -0.05) is 13.8 Å². The number of aromatic nitrogens is 1. The average Bonchev–Trinajstić information content (AvgIpc) is 2.48. The molecule has 4 nitrogen and oxygen atoms in total. The normalized spacial score (nSPS) is 19.3. The van der Waals surface area contributed by atoms with Gasteiger partial charge in [0.05, 0.1) is 11.9 Å². The van der Waals surface area contributed by atoms with Crippen molar-refractivity contribution in [2.75, 3.05) is 16.8 Å². The minimum Gasteiger partial charge on any atom is -0.354 e. The van der Waals surface area contributed by atoms with Gasteiger partial charge in [-0.3, -0.25) is 4.79 Å². The first-order chi connectivity index (χ1) is 9.24. The number of nitrogens with one attached hydrogen (secondary N) is 1. The Hall–Kier alpha value is -1.58. The van der Waals surface area contributed by atoms with Gasteiger partial charge in [-0.2, -0.15) is 0 Å². The molecule has 1 unspecified atom stereocenters. The van der Waals surface area contributed by atoms with E-state index in [1.165, 1.54) is 19.3 Å². The zero-order valence-corrected chi connectivity index (χ0v) is 11.9. The third-order valence-electron chi connectivity index (χ3n) is 3.75. The molecule has 0 radical (unpaired) electrons. The highest BCUT2D eigenvalue weighted by atomic mass is 16.1. The Balaban J connectivity index is 2.06. The maximum atomic E-state index is 11.3. The summed E-state index contributed by atoms with van der Waals surface area (Å²) in [5, 5.41) is 2.83. The predicted molar refractivity (Wildman–Crippen MR) is 78.4 cm³/mol. The fourth-order valence-corrected chi connectivity index (χ4v) is 2.61. The van der Waals surface area contributed by atoms with Crippen LogP contribution in [0.15, 0.2) is 18.3 Å². The number of anilines is 2. The third kappa shape index (κ3) is 3.46. The Labute approximate surface area is 115 Å². The third-order valence-corrected chi connectivity index (χ3v) is 3.75. The number of pyridine rings is 1. The van der Waals surface area contributed by atoms with E-state index in [1.54, 1.807) is 6.20 Å². The number of nitrogens with zero attached hydrogens (tertiary/aromatic N) is 2. The van der Waals surface area contributed by atoms with E-state index in [0.29, 0.717) is 12.5 Å². The van der Waals surface area contributed by atoms with Crippen LogP contribution in [0.2, 0.25) is 0 Å². The van der Waals surface area contributed by atoms with Crippen molar-refractivity contribution in [1.82, 2.24) is 4.98 Å². The number of amides is 1. The van der Waals surface area contributed by atoms with E-state index < -0.39 is 0 Å². The first kappa shape index (κ1) is 13.8. The SMILES string of the molecule is CCC(=O)Nc1ccc(N2CCCCC2CC)nc1. The smallest absolute Gasteiger partial charge is 0.224 e. The van der Waals surface area contributed by atoms with E-state index >= 15 is 0 Å². The van der Waals surface area contributed by atoms with Gasteiger partial charge in [-0.05, 0) is 37.8 Å². The van der Waals surface area contributed by atoms with Crippen molar-refractivity contribution in [3.05, 3.63) is 18.3 Å².